The van der Waals surface area contributed by atoms with Crippen molar-refractivity contribution in [1.82, 2.24) is 9.97 Å². The number of nitrogens with zero attached hydrogens (tertiary/aromatic N) is 3. The summed E-state index contributed by atoms with van der Waals surface area (Å²) >= 11 is 1.27. The Morgan fingerprint density at radius 2 is 1.94 bits per heavy atom. The van der Waals surface area contributed by atoms with Gasteiger partial charge in [0.2, 0.25) is 0 Å². The zero-order valence-electron chi connectivity index (χ0n) is 17.0. The van der Waals surface area contributed by atoms with Crippen molar-refractivity contribution < 1.29 is 22.7 Å². The molecule has 0 unspecified atom stereocenters. The molecule has 32 heavy (non-hydrogen) atoms. The number of halogens is 3. The van der Waals surface area contributed by atoms with Crippen LogP contribution in [-0.4, -0.2) is 22.5 Å². The fraction of sp³-hybridized carbons (Fsp3) is 0.174. The lowest BCUT2D eigenvalue weighted by atomic mass is 10.1. The minimum atomic E-state index is -4.55. The number of amides is 1. The molecule has 2 heterocycles. The Bertz CT molecular complexity index is 1240. The number of aromatic nitrogens is 2. The van der Waals surface area contributed by atoms with Gasteiger partial charge in [0.05, 0.1) is 23.4 Å². The SMILES string of the molecule is CCOc1cccc2sc(N(Cc3cccnc3)C(=O)c3cccc(C(F)(F)F)c3)nc12. The summed E-state index contributed by atoms with van der Waals surface area (Å²) in [6.45, 7) is 2.42. The summed E-state index contributed by atoms with van der Waals surface area (Å²) in [5.74, 6) is -0.00249. The number of hydrogen-bond donors (Lipinski definition) is 0. The Kier molecular flexibility index (Phi) is 6.09. The smallest absolute Gasteiger partial charge is 0.416 e. The van der Waals surface area contributed by atoms with E-state index in [1.54, 1.807) is 30.6 Å². The average Bonchev–Trinajstić information content (AvgIpc) is 3.22. The number of thiazole rings is 1. The second kappa shape index (κ2) is 8.96. The average molecular weight is 457 g/mol. The van der Waals surface area contributed by atoms with Gasteiger partial charge in [-0.3, -0.25) is 14.7 Å². The number of alkyl halides is 3. The number of pyridine rings is 1. The third-order valence-electron chi connectivity index (χ3n) is 4.65. The van der Waals surface area contributed by atoms with Crippen LogP contribution in [0, 0.1) is 0 Å². The van der Waals surface area contributed by atoms with E-state index in [9.17, 15) is 18.0 Å². The summed E-state index contributed by atoms with van der Waals surface area (Å²) in [4.78, 5) is 23.4. The zero-order valence-corrected chi connectivity index (χ0v) is 17.8. The van der Waals surface area contributed by atoms with Gasteiger partial charge in [0.15, 0.2) is 5.13 Å². The Labute approximate surface area is 186 Å². The van der Waals surface area contributed by atoms with E-state index in [4.69, 9.17) is 4.74 Å². The van der Waals surface area contributed by atoms with Crippen LogP contribution in [0.15, 0.2) is 67.0 Å². The summed E-state index contributed by atoms with van der Waals surface area (Å²) < 4.78 is 46.0. The maximum Gasteiger partial charge on any atom is 0.416 e. The fourth-order valence-electron chi connectivity index (χ4n) is 3.18. The number of carbonyl (C=O) groups is 1. The molecule has 4 aromatic rings. The van der Waals surface area contributed by atoms with Gasteiger partial charge >= 0.3 is 6.18 Å². The molecule has 0 fully saturated rings. The van der Waals surface area contributed by atoms with E-state index in [1.807, 2.05) is 19.1 Å². The van der Waals surface area contributed by atoms with Crippen molar-refractivity contribution >= 4 is 32.6 Å². The summed E-state index contributed by atoms with van der Waals surface area (Å²) in [6.07, 6.45) is -1.34. The molecule has 164 valence electrons. The molecule has 9 heteroatoms. The number of fused-ring (bicyclic) bond motifs is 1. The van der Waals surface area contributed by atoms with E-state index >= 15 is 0 Å². The van der Waals surface area contributed by atoms with E-state index in [1.165, 1.54) is 28.4 Å². The summed E-state index contributed by atoms with van der Waals surface area (Å²) in [6, 6.07) is 13.4. The highest BCUT2D eigenvalue weighted by atomic mass is 32.1. The van der Waals surface area contributed by atoms with Crippen LogP contribution >= 0.6 is 11.3 Å². The van der Waals surface area contributed by atoms with Crippen LogP contribution in [-0.2, 0) is 12.7 Å². The van der Waals surface area contributed by atoms with Crippen LogP contribution in [0.2, 0.25) is 0 Å². The molecule has 0 saturated carbocycles. The standard InChI is InChI=1S/C23H18F3N3O2S/c1-2-31-18-9-4-10-19-20(18)28-22(32-19)29(14-15-6-5-11-27-13-15)21(30)16-7-3-8-17(12-16)23(24,25)26/h3-13H,2,14H2,1H3. The molecule has 0 aliphatic rings. The highest BCUT2D eigenvalue weighted by Crippen LogP contribution is 2.36. The molecule has 0 radical (unpaired) electrons. The quantitative estimate of drug-likeness (QED) is 0.359. The molecule has 0 aliphatic heterocycles. The number of ether oxygens (including phenoxy) is 1. The Hall–Kier alpha value is -3.46. The highest BCUT2D eigenvalue weighted by Gasteiger charge is 2.32. The molecule has 0 saturated heterocycles. The minimum absolute atomic E-state index is 0.0759. The van der Waals surface area contributed by atoms with Gasteiger partial charge in [-0.1, -0.05) is 29.5 Å². The lowest BCUT2D eigenvalue weighted by Gasteiger charge is -2.20. The first kappa shape index (κ1) is 21.8. The van der Waals surface area contributed by atoms with Gasteiger partial charge in [0.25, 0.3) is 5.91 Å². The molecule has 2 aromatic heterocycles. The molecule has 4 rings (SSSR count). The van der Waals surface area contributed by atoms with Crippen LogP contribution in [0.25, 0.3) is 10.2 Å². The second-order valence-electron chi connectivity index (χ2n) is 6.86. The number of hydrogen-bond acceptors (Lipinski definition) is 5. The summed E-state index contributed by atoms with van der Waals surface area (Å²) in [5.41, 5.74) is 0.361. The zero-order chi connectivity index (χ0) is 22.7. The van der Waals surface area contributed by atoms with Crippen LogP contribution in [0.4, 0.5) is 18.3 Å². The van der Waals surface area contributed by atoms with Crippen LogP contribution < -0.4 is 9.64 Å². The highest BCUT2D eigenvalue weighted by molar-refractivity contribution is 7.22. The molecule has 0 bridgehead atoms. The van der Waals surface area contributed by atoms with Crippen molar-refractivity contribution in [3.63, 3.8) is 0 Å². The molecule has 0 aliphatic carbocycles. The third-order valence-corrected chi connectivity index (χ3v) is 5.69. The van der Waals surface area contributed by atoms with Crippen molar-refractivity contribution in [2.45, 2.75) is 19.6 Å². The van der Waals surface area contributed by atoms with Gasteiger partial charge < -0.3 is 4.74 Å². The minimum Gasteiger partial charge on any atom is -0.492 e. The Morgan fingerprint density at radius 1 is 1.12 bits per heavy atom. The van der Waals surface area contributed by atoms with E-state index in [0.717, 1.165) is 22.4 Å². The Morgan fingerprint density at radius 3 is 2.66 bits per heavy atom. The first-order chi connectivity index (χ1) is 15.4. The summed E-state index contributed by atoms with van der Waals surface area (Å²) in [7, 11) is 0. The normalized spacial score (nSPS) is 11.5. The molecule has 1 amide bonds. The number of carbonyl (C=O) groups excluding carboxylic acids is 1. The number of anilines is 1. The van der Waals surface area contributed by atoms with E-state index < -0.39 is 17.6 Å². The maximum atomic E-state index is 13.4. The molecule has 0 atom stereocenters. The monoisotopic (exact) mass is 457 g/mol. The molecular formula is C23H18F3N3O2S. The number of benzene rings is 2. The topological polar surface area (TPSA) is 55.3 Å². The number of para-hydroxylation sites is 1. The molecule has 0 N–H and O–H groups in total. The fourth-order valence-corrected chi connectivity index (χ4v) is 4.16. The van der Waals surface area contributed by atoms with Crippen LogP contribution in [0.5, 0.6) is 5.75 Å². The van der Waals surface area contributed by atoms with Gasteiger partial charge in [-0.25, -0.2) is 4.98 Å². The van der Waals surface area contributed by atoms with Crippen molar-refractivity contribution in [2.24, 2.45) is 0 Å². The van der Waals surface area contributed by atoms with Gasteiger partial charge in [-0.2, -0.15) is 13.2 Å². The van der Waals surface area contributed by atoms with Crippen LogP contribution in [0.1, 0.15) is 28.4 Å². The molecule has 2 aromatic carbocycles. The molecule has 5 nitrogen and oxygen atoms in total. The predicted octanol–water partition coefficient (Wildman–Crippen LogP) is 5.96. The molecular weight excluding hydrogens is 439 g/mol. The van der Waals surface area contributed by atoms with Gasteiger partial charge in [0.1, 0.15) is 11.3 Å². The lowest BCUT2D eigenvalue weighted by Crippen LogP contribution is -2.30. The largest absolute Gasteiger partial charge is 0.492 e. The van der Waals surface area contributed by atoms with Gasteiger partial charge in [-0.15, -0.1) is 0 Å². The second-order valence-corrected chi connectivity index (χ2v) is 7.87. The van der Waals surface area contributed by atoms with Crippen molar-refractivity contribution in [3.8, 4) is 5.75 Å². The maximum absolute atomic E-state index is 13.4. The molecule has 0 spiro atoms. The van der Waals surface area contributed by atoms with E-state index in [0.29, 0.717) is 23.0 Å². The summed E-state index contributed by atoms with van der Waals surface area (Å²) in [5, 5.41) is 0.360. The Balaban J connectivity index is 1.78. The van der Waals surface area contributed by atoms with Crippen molar-refractivity contribution in [1.29, 1.82) is 0 Å². The van der Waals surface area contributed by atoms with Crippen molar-refractivity contribution in [2.75, 3.05) is 11.5 Å². The first-order valence-corrected chi connectivity index (χ1v) is 10.6. The van der Waals surface area contributed by atoms with E-state index in [2.05, 4.69) is 9.97 Å². The van der Waals surface area contributed by atoms with Gasteiger partial charge in [0, 0.05) is 18.0 Å². The third kappa shape index (κ3) is 4.57. The van der Waals surface area contributed by atoms with Gasteiger partial charge in [-0.05, 0) is 48.9 Å². The number of rotatable bonds is 6. The van der Waals surface area contributed by atoms with E-state index in [-0.39, 0.29) is 12.1 Å². The lowest BCUT2D eigenvalue weighted by molar-refractivity contribution is -0.137. The van der Waals surface area contributed by atoms with Crippen molar-refractivity contribution in [3.05, 3.63) is 83.7 Å². The predicted molar refractivity (Wildman–Crippen MR) is 117 cm³/mol. The first-order valence-electron chi connectivity index (χ1n) is 9.77. The van der Waals surface area contributed by atoms with Crippen LogP contribution in [0.3, 0.4) is 0 Å².